The molecule has 148 valence electrons. The molecule has 4 nitrogen and oxygen atoms in total. The largest absolute Gasteiger partial charge is 0.268 e. The molecule has 0 spiro atoms. The van der Waals surface area contributed by atoms with Crippen LogP contribution < -0.4 is 0 Å². The zero-order chi connectivity index (χ0) is 20.9. The fourth-order valence-corrected chi connectivity index (χ4v) is 5.19. The molecule has 0 atom stereocenters. The summed E-state index contributed by atoms with van der Waals surface area (Å²) in [5.74, 6) is 0. The third kappa shape index (κ3) is 2.99. The van der Waals surface area contributed by atoms with Crippen LogP contribution in [0.15, 0.2) is 90.0 Å². The number of fused-ring (bicyclic) bond motifs is 2. The molecule has 0 aliphatic rings. The van der Waals surface area contributed by atoms with E-state index in [0.29, 0.717) is 5.69 Å². The lowest BCUT2D eigenvalue weighted by atomic mass is 10.0. The van der Waals surface area contributed by atoms with Crippen LogP contribution in [0.5, 0.6) is 0 Å². The second-order valence-electron chi connectivity index (χ2n) is 7.55. The molecule has 0 fully saturated rings. The van der Waals surface area contributed by atoms with Crippen molar-refractivity contribution in [2.24, 2.45) is 0 Å². The molecule has 5 heteroatoms. The molecule has 0 bridgehead atoms. The first-order valence-corrected chi connectivity index (χ1v) is 11.2. The number of para-hydroxylation sites is 1. The van der Waals surface area contributed by atoms with Crippen LogP contribution in [0.4, 0.5) is 0 Å². The molecule has 0 saturated heterocycles. The van der Waals surface area contributed by atoms with Crippen molar-refractivity contribution in [3.63, 3.8) is 0 Å². The maximum atomic E-state index is 13.3. The average molecular weight is 413 g/mol. The number of hydrogen-bond acceptors (Lipinski definition) is 3. The van der Waals surface area contributed by atoms with Gasteiger partial charge in [0.15, 0.2) is 0 Å². The topological polar surface area (TPSA) is 52.0 Å². The molecule has 2 heterocycles. The van der Waals surface area contributed by atoms with Gasteiger partial charge in [0.1, 0.15) is 0 Å². The molecule has 2 aromatic heterocycles. The van der Waals surface area contributed by atoms with Crippen molar-refractivity contribution in [2.75, 3.05) is 0 Å². The van der Waals surface area contributed by atoms with E-state index in [0.717, 1.165) is 38.5 Å². The van der Waals surface area contributed by atoms with Gasteiger partial charge in [-0.25, -0.2) is 17.4 Å². The van der Waals surface area contributed by atoms with Crippen LogP contribution in [-0.4, -0.2) is 17.4 Å². The van der Waals surface area contributed by atoms with E-state index >= 15 is 0 Å². The third-order valence-electron chi connectivity index (χ3n) is 5.43. The minimum absolute atomic E-state index is 0.271. The van der Waals surface area contributed by atoms with Crippen molar-refractivity contribution in [3.05, 3.63) is 96.2 Å². The van der Waals surface area contributed by atoms with Gasteiger partial charge in [-0.05, 0) is 67.9 Å². The number of aryl methyl sites for hydroxylation is 2. The summed E-state index contributed by atoms with van der Waals surface area (Å²) in [6.07, 6.45) is 1.60. The van der Waals surface area contributed by atoms with Gasteiger partial charge in [0.2, 0.25) is 0 Å². The van der Waals surface area contributed by atoms with Crippen LogP contribution in [-0.2, 0) is 10.0 Å². The average Bonchev–Trinajstić information content (AvgIpc) is 3.24. The van der Waals surface area contributed by atoms with E-state index in [9.17, 15) is 8.42 Å². The van der Waals surface area contributed by atoms with Gasteiger partial charge in [0, 0.05) is 22.5 Å². The van der Waals surface area contributed by atoms with Gasteiger partial charge < -0.3 is 0 Å². The Labute approximate surface area is 175 Å². The third-order valence-corrected chi connectivity index (χ3v) is 7.13. The quantitative estimate of drug-likeness (QED) is 0.357. The first kappa shape index (κ1) is 18.6. The van der Waals surface area contributed by atoms with Gasteiger partial charge in [-0.3, -0.25) is 0 Å². The molecular formula is C25H20N2O2S. The minimum atomic E-state index is -3.70. The van der Waals surface area contributed by atoms with Gasteiger partial charge in [-0.15, -0.1) is 0 Å². The minimum Gasteiger partial charge on any atom is -0.248 e. The number of hydrogen-bond donors (Lipinski definition) is 0. The molecule has 3 aromatic carbocycles. The highest BCUT2D eigenvalue weighted by Gasteiger charge is 2.20. The van der Waals surface area contributed by atoms with Gasteiger partial charge in [0.25, 0.3) is 10.0 Å². The molecule has 5 aromatic rings. The van der Waals surface area contributed by atoms with Gasteiger partial charge in [-0.2, -0.15) is 0 Å². The molecule has 0 unspecified atom stereocenters. The molecule has 30 heavy (non-hydrogen) atoms. The second kappa shape index (κ2) is 6.82. The summed E-state index contributed by atoms with van der Waals surface area (Å²) in [7, 11) is -3.70. The maximum Gasteiger partial charge on any atom is 0.268 e. The summed E-state index contributed by atoms with van der Waals surface area (Å²) < 4.78 is 27.9. The monoisotopic (exact) mass is 412 g/mol. The zero-order valence-corrected chi connectivity index (χ0v) is 17.5. The summed E-state index contributed by atoms with van der Waals surface area (Å²) in [5.41, 5.74) is 5.29. The number of rotatable bonds is 3. The standard InChI is InChI=1S/C25H20N2O2S/c1-17-9-11-21(12-10-17)30(28,29)27-13-5-8-25(27)20-14-18(2)22-15-19-6-3-4-7-23(19)26-24(22)16-20/h3-16H,1-2H3. The van der Waals surface area contributed by atoms with E-state index < -0.39 is 10.0 Å². The number of aromatic nitrogens is 2. The molecule has 0 amide bonds. The SMILES string of the molecule is Cc1ccc(S(=O)(=O)n2cccc2-c2cc(C)c3cc4ccccc4nc3c2)cc1. The van der Waals surface area contributed by atoms with Gasteiger partial charge in [-0.1, -0.05) is 35.9 Å². The van der Waals surface area contributed by atoms with Crippen molar-refractivity contribution in [3.8, 4) is 11.3 Å². The first-order chi connectivity index (χ1) is 14.4. The van der Waals surface area contributed by atoms with Crippen LogP contribution in [0.25, 0.3) is 33.1 Å². The molecule has 0 saturated carbocycles. The lowest BCUT2D eigenvalue weighted by Gasteiger charge is -2.13. The maximum absolute atomic E-state index is 13.3. The van der Waals surface area contributed by atoms with Crippen LogP contribution >= 0.6 is 0 Å². The van der Waals surface area contributed by atoms with Crippen molar-refractivity contribution in [2.45, 2.75) is 18.7 Å². The Balaban J connectivity index is 1.69. The van der Waals surface area contributed by atoms with Gasteiger partial charge >= 0.3 is 0 Å². The summed E-state index contributed by atoms with van der Waals surface area (Å²) in [5, 5.41) is 2.16. The van der Waals surface area contributed by atoms with Crippen LogP contribution in [0.1, 0.15) is 11.1 Å². The Morgan fingerprint density at radius 3 is 2.37 bits per heavy atom. The van der Waals surface area contributed by atoms with Crippen LogP contribution in [0.2, 0.25) is 0 Å². The van der Waals surface area contributed by atoms with E-state index in [4.69, 9.17) is 4.98 Å². The van der Waals surface area contributed by atoms with Crippen LogP contribution in [0, 0.1) is 13.8 Å². The Kier molecular flexibility index (Phi) is 4.22. The lowest BCUT2D eigenvalue weighted by molar-refractivity contribution is 0.588. The van der Waals surface area contributed by atoms with E-state index in [1.807, 2.05) is 62.4 Å². The van der Waals surface area contributed by atoms with Gasteiger partial charge in [0.05, 0.1) is 21.6 Å². The zero-order valence-electron chi connectivity index (χ0n) is 16.7. The lowest BCUT2D eigenvalue weighted by Crippen LogP contribution is -2.13. The fourth-order valence-electron chi connectivity index (χ4n) is 3.83. The van der Waals surface area contributed by atoms with Crippen LogP contribution in [0.3, 0.4) is 0 Å². The summed E-state index contributed by atoms with van der Waals surface area (Å²) >= 11 is 0. The first-order valence-electron chi connectivity index (χ1n) is 9.74. The summed E-state index contributed by atoms with van der Waals surface area (Å²) in [6, 6.07) is 24.6. The Morgan fingerprint density at radius 2 is 1.57 bits per heavy atom. The molecule has 0 aliphatic carbocycles. The van der Waals surface area contributed by atoms with E-state index in [1.54, 1.807) is 24.4 Å². The number of pyridine rings is 1. The van der Waals surface area contributed by atoms with E-state index in [-0.39, 0.29) is 4.90 Å². The summed E-state index contributed by atoms with van der Waals surface area (Å²) in [6.45, 7) is 3.97. The molecule has 5 rings (SSSR count). The summed E-state index contributed by atoms with van der Waals surface area (Å²) in [4.78, 5) is 5.08. The normalized spacial score (nSPS) is 11.9. The molecular weight excluding hydrogens is 392 g/mol. The molecule has 0 N–H and O–H groups in total. The van der Waals surface area contributed by atoms with Crippen molar-refractivity contribution < 1.29 is 8.42 Å². The highest BCUT2D eigenvalue weighted by molar-refractivity contribution is 7.90. The fraction of sp³-hybridized carbons (Fsp3) is 0.0800. The Hall–Kier alpha value is -3.44. The Morgan fingerprint density at radius 1 is 0.800 bits per heavy atom. The smallest absolute Gasteiger partial charge is 0.248 e. The molecule has 0 radical (unpaired) electrons. The second-order valence-corrected chi connectivity index (χ2v) is 9.36. The van der Waals surface area contributed by atoms with E-state index in [2.05, 4.69) is 12.1 Å². The predicted octanol–water partition coefficient (Wildman–Crippen LogP) is 5.71. The predicted molar refractivity (Wildman–Crippen MR) is 121 cm³/mol. The highest BCUT2D eigenvalue weighted by Crippen LogP contribution is 2.31. The van der Waals surface area contributed by atoms with Crippen molar-refractivity contribution in [1.82, 2.24) is 8.96 Å². The highest BCUT2D eigenvalue weighted by atomic mass is 32.2. The number of benzene rings is 3. The van der Waals surface area contributed by atoms with Crippen molar-refractivity contribution in [1.29, 1.82) is 0 Å². The molecule has 0 aliphatic heterocycles. The van der Waals surface area contributed by atoms with Crippen molar-refractivity contribution >= 4 is 31.8 Å². The van der Waals surface area contributed by atoms with E-state index in [1.165, 1.54) is 3.97 Å². The number of nitrogens with zero attached hydrogens (tertiary/aromatic N) is 2. The Bertz CT molecular complexity index is 1510.